The summed E-state index contributed by atoms with van der Waals surface area (Å²) in [6.45, 7) is 7.02. The lowest BCUT2D eigenvalue weighted by molar-refractivity contribution is -0.139. The fraction of sp³-hybridized carbons (Fsp3) is 0.417. The number of aryl methyl sites for hydroxylation is 1. The van der Waals surface area contributed by atoms with Gasteiger partial charge in [-0.2, -0.15) is 0 Å². The van der Waals surface area contributed by atoms with Gasteiger partial charge >= 0.3 is 0 Å². The standard InChI is InChI=1S/C24H28N6O3/c1-2-17-12-19-20(27-23(17)31)11-16(13-25-19)15-29-6-8-30(9-7-29)18-3-4-22(26-14-18)28-24(32)21-5-10-33-21/h3-4,11-14,21H,2,5-10,15H2,1H3,(H,27,31)(H,26,28,32)/t21-/m1/s1. The number of nitrogens with zero attached hydrogens (tertiary/aromatic N) is 4. The number of ether oxygens (including phenoxy) is 1. The predicted molar refractivity (Wildman–Crippen MR) is 126 cm³/mol. The van der Waals surface area contributed by atoms with Crippen LogP contribution in [0.1, 0.15) is 24.5 Å². The molecule has 33 heavy (non-hydrogen) atoms. The van der Waals surface area contributed by atoms with Gasteiger partial charge < -0.3 is 19.9 Å². The Kier molecular flexibility index (Phi) is 6.06. The second-order valence-electron chi connectivity index (χ2n) is 8.56. The normalized spacial score (nSPS) is 18.8. The molecule has 2 aliphatic rings. The molecule has 0 aliphatic carbocycles. The lowest BCUT2D eigenvalue weighted by Crippen LogP contribution is -2.46. The van der Waals surface area contributed by atoms with Crippen LogP contribution in [0.4, 0.5) is 11.5 Å². The third-order valence-electron chi connectivity index (χ3n) is 6.34. The van der Waals surface area contributed by atoms with E-state index in [2.05, 4.69) is 30.1 Å². The molecule has 2 aliphatic heterocycles. The van der Waals surface area contributed by atoms with Gasteiger partial charge in [-0.25, -0.2) is 4.98 Å². The molecule has 3 aromatic rings. The van der Waals surface area contributed by atoms with Crippen LogP contribution in [0, 0.1) is 0 Å². The number of fused-ring (bicyclic) bond motifs is 1. The van der Waals surface area contributed by atoms with Crippen LogP contribution >= 0.6 is 0 Å². The van der Waals surface area contributed by atoms with Crippen molar-refractivity contribution in [3.63, 3.8) is 0 Å². The molecule has 0 saturated carbocycles. The fourth-order valence-corrected chi connectivity index (χ4v) is 4.23. The van der Waals surface area contributed by atoms with Gasteiger partial charge in [-0.3, -0.25) is 19.5 Å². The summed E-state index contributed by atoms with van der Waals surface area (Å²) in [6.07, 6.45) is 4.83. The Labute approximate surface area is 191 Å². The number of hydrogen-bond donors (Lipinski definition) is 2. The predicted octanol–water partition coefficient (Wildman–Crippen LogP) is 1.93. The number of H-pyrrole nitrogens is 1. The molecule has 0 spiro atoms. The zero-order chi connectivity index (χ0) is 22.8. The van der Waals surface area contributed by atoms with E-state index in [0.29, 0.717) is 18.8 Å². The lowest BCUT2D eigenvalue weighted by atomic mass is 10.1. The van der Waals surface area contributed by atoms with Crippen molar-refractivity contribution in [1.29, 1.82) is 0 Å². The largest absolute Gasteiger partial charge is 0.368 e. The Morgan fingerprint density at radius 2 is 2.00 bits per heavy atom. The summed E-state index contributed by atoms with van der Waals surface area (Å²) in [7, 11) is 0. The quantitative estimate of drug-likeness (QED) is 0.594. The van der Waals surface area contributed by atoms with Crippen molar-refractivity contribution in [2.75, 3.05) is 43.0 Å². The fourth-order valence-electron chi connectivity index (χ4n) is 4.23. The molecule has 5 heterocycles. The van der Waals surface area contributed by atoms with E-state index in [0.717, 1.165) is 67.0 Å². The summed E-state index contributed by atoms with van der Waals surface area (Å²) in [5, 5.41) is 2.80. The minimum absolute atomic E-state index is 0.0341. The molecule has 9 heteroatoms. The molecule has 1 amide bonds. The average molecular weight is 449 g/mol. The van der Waals surface area contributed by atoms with E-state index in [-0.39, 0.29) is 17.6 Å². The number of carbonyl (C=O) groups excluding carboxylic acids is 1. The van der Waals surface area contributed by atoms with Crippen LogP contribution in [0.25, 0.3) is 11.0 Å². The molecule has 0 radical (unpaired) electrons. The molecule has 0 aromatic carbocycles. The van der Waals surface area contributed by atoms with E-state index in [1.807, 2.05) is 37.4 Å². The Balaban J connectivity index is 1.16. The molecular weight excluding hydrogens is 420 g/mol. The molecule has 2 N–H and O–H groups in total. The van der Waals surface area contributed by atoms with Crippen LogP contribution < -0.4 is 15.8 Å². The first-order valence-electron chi connectivity index (χ1n) is 11.5. The van der Waals surface area contributed by atoms with Crippen molar-refractivity contribution in [3.8, 4) is 0 Å². The Morgan fingerprint density at radius 1 is 1.18 bits per heavy atom. The summed E-state index contributed by atoms with van der Waals surface area (Å²) in [6, 6.07) is 7.74. The number of aromatic nitrogens is 3. The summed E-state index contributed by atoms with van der Waals surface area (Å²) in [4.78, 5) is 40.7. The van der Waals surface area contributed by atoms with Crippen LogP contribution in [0.3, 0.4) is 0 Å². The highest BCUT2D eigenvalue weighted by molar-refractivity contribution is 5.93. The summed E-state index contributed by atoms with van der Waals surface area (Å²) >= 11 is 0. The van der Waals surface area contributed by atoms with Gasteiger partial charge in [0.1, 0.15) is 11.9 Å². The highest BCUT2D eigenvalue weighted by Gasteiger charge is 2.26. The molecule has 0 unspecified atom stereocenters. The average Bonchev–Trinajstić information content (AvgIpc) is 2.78. The van der Waals surface area contributed by atoms with Crippen molar-refractivity contribution in [2.24, 2.45) is 0 Å². The van der Waals surface area contributed by atoms with E-state index in [4.69, 9.17) is 4.74 Å². The monoisotopic (exact) mass is 448 g/mol. The number of aromatic amines is 1. The number of pyridine rings is 3. The van der Waals surface area contributed by atoms with E-state index in [1.54, 1.807) is 6.20 Å². The zero-order valence-electron chi connectivity index (χ0n) is 18.7. The molecule has 0 bridgehead atoms. The van der Waals surface area contributed by atoms with Gasteiger partial charge in [0.05, 0.1) is 29.5 Å². The van der Waals surface area contributed by atoms with Crippen LogP contribution in [0.5, 0.6) is 0 Å². The van der Waals surface area contributed by atoms with Crippen LogP contribution in [-0.2, 0) is 22.5 Å². The number of rotatable bonds is 6. The molecule has 2 fully saturated rings. The summed E-state index contributed by atoms with van der Waals surface area (Å²) < 4.78 is 5.20. The van der Waals surface area contributed by atoms with Gasteiger partial charge in [-0.15, -0.1) is 0 Å². The Morgan fingerprint density at radius 3 is 2.67 bits per heavy atom. The first-order chi connectivity index (χ1) is 16.1. The number of nitrogens with one attached hydrogen (secondary N) is 2. The molecule has 9 nitrogen and oxygen atoms in total. The van der Waals surface area contributed by atoms with Crippen molar-refractivity contribution in [3.05, 3.63) is 58.1 Å². The highest BCUT2D eigenvalue weighted by Crippen LogP contribution is 2.20. The van der Waals surface area contributed by atoms with Crippen LogP contribution in [-0.4, -0.2) is 64.6 Å². The van der Waals surface area contributed by atoms with Crippen LogP contribution in [0.2, 0.25) is 0 Å². The number of carbonyl (C=O) groups is 1. The van der Waals surface area contributed by atoms with Crippen molar-refractivity contribution < 1.29 is 9.53 Å². The van der Waals surface area contributed by atoms with Gasteiger partial charge in [0.25, 0.3) is 11.5 Å². The lowest BCUT2D eigenvalue weighted by Gasteiger charge is -2.36. The molecule has 5 rings (SSSR count). The second-order valence-corrected chi connectivity index (χ2v) is 8.56. The zero-order valence-corrected chi connectivity index (χ0v) is 18.7. The molecule has 3 aromatic heterocycles. The maximum Gasteiger partial charge on any atom is 0.254 e. The summed E-state index contributed by atoms with van der Waals surface area (Å²) in [5.41, 5.74) is 4.48. The first-order valence-corrected chi connectivity index (χ1v) is 11.5. The van der Waals surface area contributed by atoms with E-state index < -0.39 is 0 Å². The number of amides is 1. The molecule has 172 valence electrons. The Bertz CT molecular complexity index is 1200. The summed E-state index contributed by atoms with van der Waals surface area (Å²) in [5.74, 6) is 0.416. The van der Waals surface area contributed by atoms with Crippen molar-refractivity contribution >= 4 is 28.4 Å². The highest BCUT2D eigenvalue weighted by atomic mass is 16.5. The van der Waals surface area contributed by atoms with Gasteiger partial charge in [0, 0.05) is 50.9 Å². The maximum absolute atomic E-state index is 12.1. The van der Waals surface area contributed by atoms with E-state index >= 15 is 0 Å². The molecular formula is C24H28N6O3. The maximum atomic E-state index is 12.1. The van der Waals surface area contributed by atoms with E-state index in [1.165, 1.54) is 0 Å². The third kappa shape index (κ3) is 4.74. The van der Waals surface area contributed by atoms with E-state index in [9.17, 15) is 9.59 Å². The second kappa shape index (κ2) is 9.29. The molecule has 1 atom stereocenters. The molecule has 2 saturated heterocycles. The number of anilines is 2. The number of piperazine rings is 1. The topological polar surface area (TPSA) is 103 Å². The van der Waals surface area contributed by atoms with Crippen LogP contribution in [0.15, 0.2) is 41.5 Å². The third-order valence-corrected chi connectivity index (χ3v) is 6.34. The van der Waals surface area contributed by atoms with Crippen molar-refractivity contribution in [2.45, 2.75) is 32.4 Å². The van der Waals surface area contributed by atoms with Gasteiger partial charge in [0.15, 0.2) is 0 Å². The minimum atomic E-state index is -0.341. The SMILES string of the molecule is CCc1cc2ncc(CN3CCN(c4ccc(NC(=O)[C@H]5CCO5)nc4)CC3)cc2[nH]c1=O. The van der Waals surface area contributed by atoms with Crippen molar-refractivity contribution in [1.82, 2.24) is 19.9 Å². The smallest absolute Gasteiger partial charge is 0.254 e. The first kappa shape index (κ1) is 21.5. The number of hydrogen-bond acceptors (Lipinski definition) is 7. The Hall–Kier alpha value is -3.30. The van der Waals surface area contributed by atoms with Gasteiger partial charge in [0.2, 0.25) is 0 Å². The van der Waals surface area contributed by atoms with Gasteiger partial charge in [-0.1, -0.05) is 6.92 Å². The van der Waals surface area contributed by atoms with Gasteiger partial charge in [-0.05, 0) is 36.2 Å². The minimum Gasteiger partial charge on any atom is -0.368 e.